The number of nitrogens with zero attached hydrogens (tertiary/aromatic N) is 2. The van der Waals surface area contributed by atoms with Gasteiger partial charge >= 0.3 is 0 Å². The fourth-order valence-electron chi connectivity index (χ4n) is 1.27. The molecule has 0 atom stereocenters. The second kappa shape index (κ2) is 6.33. The zero-order valence-electron chi connectivity index (χ0n) is 10.5. The Kier molecular flexibility index (Phi) is 5.05. The molecular formula is C12H21N3O. The summed E-state index contributed by atoms with van der Waals surface area (Å²) in [5.41, 5.74) is 1.05. The summed E-state index contributed by atoms with van der Waals surface area (Å²) in [7, 11) is 3.75. The van der Waals surface area contributed by atoms with Gasteiger partial charge in [-0.3, -0.25) is 0 Å². The molecule has 16 heavy (non-hydrogen) atoms. The quantitative estimate of drug-likeness (QED) is 0.798. The van der Waals surface area contributed by atoms with Crippen molar-refractivity contribution in [2.45, 2.75) is 19.9 Å². The Morgan fingerprint density at radius 1 is 1.50 bits per heavy atom. The van der Waals surface area contributed by atoms with E-state index in [0.29, 0.717) is 11.9 Å². The Labute approximate surface area is 97.6 Å². The lowest BCUT2D eigenvalue weighted by atomic mass is 10.3. The molecule has 0 amide bonds. The van der Waals surface area contributed by atoms with Gasteiger partial charge in [0.2, 0.25) is 5.88 Å². The van der Waals surface area contributed by atoms with Crippen LogP contribution < -0.4 is 10.1 Å². The van der Waals surface area contributed by atoms with E-state index in [9.17, 15) is 0 Å². The van der Waals surface area contributed by atoms with Crippen LogP contribution in [-0.2, 0) is 0 Å². The van der Waals surface area contributed by atoms with E-state index in [0.717, 1.165) is 18.8 Å². The first-order valence-corrected chi connectivity index (χ1v) is 5.57. The predicted molar refractivity (Wildman–Crippen MR) is 67.0 cm³/mol. The van der Waals surface area contributed by atoms with Gasteiger partial charge in [0.1, 0.15) is 0 Å². The van der Waals surface area contributed by atoms with Gasteiger partial charge in [-0.1, -0.05) is 0 Å². The van der Waals surface area contributed by atoms with Gasteiger partial charge in [0.25, 0.3) is 0 Å². The molecule has 0 saturated carbocycles. The first kappa shape index (κ1) is 12.8. The smallest absolute Gasteiger partial charge is 0.214 e. The number of likely N-dealkylation sites (N-methyl/N-ethyl adjacent to an activating group) is 1. The second-order valence-corrected chi connectivity index (χ2v) is 4.09. The maximum absolute atomic E-state index is 5.06. The number of ether oxygens (including phenoxy) is 1. The van der Waals surface area contributed by atoms with Crippen molar-refractivity contribution in [3.63, 3.8) is 0 Å². The van der Waals surface area contributed by atoms with Crippen LogP contribution in [0, 0.1) is 0 Å². The number of nitrogens with one attached hydrogen (secondary N) is 1. The van der Waals surface area contributed by atoms with Crippen molar-refractivity contribution < 1.29 is 4.74 Å². The molecule has 4 nitrogen and oxygen atoms in total. The van der Waals surface area contributed by atoms with Crippen LogP contribution in [-0.4, -0.2) is 43.2 Å². The van der Waals surface area contributed by atoms with Crippen molar-refractivity contribution in [1.29, 1.82) is 0 Å². The molecule has 90 valence electrons. The minimum absolute atomic E-state index is 0.578. The average Bonchev–Trinajstić information content (AvgIpc) is 2.29. The Bertz CT molecular complexity index is 315. The van der Waals surface area contributed by atoms with E-state index < -0.39 is 0 Å². The number of anilines is 1. The van der Waals surface area contributed by atoms with Gasteiger partial charge in [-0.2, -0.15) is 0 Å². The van der Waals surface area contributed by atoms with Crippen molar-refractivity contribution in [2.75, 3.05) is 32.6 Å². The minimum atomic E-state index is 0.578. The zero-order chi connectivity index (χ0) is 12.0. The monoisotopic (exact) mass is 223 g/mol. The van der Waals surface area contributed by atoms with Gasteiger partial charge < -0.3 is 15.0 Å². The molecule has 0 unspecified atom stereocenters. The summed E-state index contributed by atoms with van der Waals surface area (Å²) in [5.74, 6) is 0.641. The van der Waals surface area contributed by atoms with Crippen LogP contribution in [0.1, 0.15) is 13.8 Å². The van der Waals surface area contributed by atoms with Crippen LogP contribution >= 0.6 is 0 Å². The Hall–Kier alpha value is -1.29. The number of rotatable bonds is 6. The summed E-state index contributed by atoms with van der Waals surface area (Å²) in [6.45, 7) is 6.31. The SMILES string of the molecule is COc1cc(NCCN(C)C(C)C)ccn1. The highest BCUT2D eigenvalue weighted by molar-refractivity contribution is 5.44. The van der Waals surface area contributed by atoms with Crippen LogP contribution in [0.4, 0.5) is 5.69 Å². The Morgan fingerprint density at radius 2 is 2.25 bits per heavy atom. The number of aromatic nitrogens is 1. The van der Waals surface area contributed by atoms with Gasteiger partial charge in [0, 0.05) is 37.1 Å². The Balaban J connectivity index is 2.37. The third-order valence-corrected chi connectivity index (χ3v) is 2.62. The van der Waals surface area contributed by atoms with Crippen LogP contribution in [0.25, 0.3) is 0 Å². The third kappa shape index (κ3) is 4.06. The maximum Gasteiger partial charge on any atom is 0.214 e. The summed E-state index contributed by atoms with van der Waals surface area (Å²) in [5, 5.41) is 3.34. The fourth-order valence-corrected chi connectivity index (χ4v) is 1.27. The van der Waals surface area contributed by atoms with E-state index in [2.05, 4.69) is 36.1 Å². The van der Waals surface area contributed by atoms with E-state index in [-0.39, 0.29) is 0 Å². The Morgan fingerprint density at radius 3 is 2.88 bits per heavy atom. The summed E-state index contributed by atoms with van der Waals surface area (Å²) in [6, 6.07) is 4.42. The fraction of sp³-hybridized carbons (Fsp3) is 0.583. The van der Waals surface area contributed by atoms with Crippen molar-refractivity contribution in [2.24, 2.45) is 0 Å². The molecule has 0 radical (unpaired) electrons. The summed E-state index contributed by atoms with van der Waals surface area (Å²) >= 11 is 0. The maximum atomic E-state index is 5.06. The molecule has 0 bridgehead atoms. The normalized spacial score (nSPS) is 10.9. The molecule has 1 aromatic heterocycles. The summed E-state index contributed by atoms with van der Waals surface area (Å²) in [4.78, 5) is 6.35. The van der Waals surface area contributed by atoms with E-state index in [1.165, 1.54) is 0 Å². The minimum Gasteiger partial charge on any atom is -0.481 e. The van der Waals surface area contributed by atoms with E-state index >= 15 is 0 Å². The number of hydrogen-bond donors (Lipinski definition) is 1. The first-order chi connectivity index (χ1) is 7.63. The zero-order valence-corrected chi connectivity index (χ0v) is 10.5. The largest absolute Gasteiger partial charge is 0.481 e. The lowest BCUT2D eigenvalue weighted by Crippen LogP contribution is -2.31. The van der Waals surface area contributed by atoms with E-state index in [4.69, 9.17) is 4.74 Å². The molecule has 1 rings (SSSR count). The van der Waals surface area contributed by atoms with Gasteiger partial charge in [-0.05, 0) is 27.0 Å². The molecule has 0 saturated heterocycles. The van der Waals surface area contributed by atoms with Crippen molar-refractivity contribution >= 4 is 5.69 Å². The van der Waals surface area contributed by atoms with E-state index in [1.807, 2.05) is 12.1 Å². The third-order valence-electron chi connectivity index (χ3n) is 2.62. The van der Waals surface area contributed by atoms with Crippen LogP contribution in [0.2, 0.25) is 0 Å². The molecule has 0 spiro atoms. The molecule has 1 heterocycles. The molecule has 1 aromatic rings. The molecule has 4 heteroatoms. The highest BCUT2D eigenvalue weighted by Crippen LogP contribution is 2.12. The highest BCUT2D eigenvalue weighted by atomic mass is 16.5. The van der Waals surface area contributed by atoms with Gasteiger partial charge in [0.15, 0.2) is 0 Å². The second-order valence-electron chi connectivity index (χ2n) is 4.09. The standard InChI is InChI=1S/C12H21N3O/c1-10(2)15(3)8-7-13-11-5-6-14-12(9-11)16-4/h5-6,9-10H,7-8H2,1-4H3,(H,13,14). The van der Waals surface area contributed by atoms with Crippen LogP contribution in [0.3, 0.4) is 0 Å². The molecular weight excluding hydrogens is 202 g/mol. The topological polar surface area (TPSA) is 37.4 Å². The summed E-state index contributed by atoms with van der Waals surface area (Å²) < 4.78 is 5.06. The molecule has 0 aliphatic rings. The summed E-state index contributed by atoms with van der Waals surface area (Å²) in [6.07, 6.45) is 1.74. The number of hydrogen-bond acceptors (Lipinski definition) is 4. The van der Waals surface area contributed by atoms with E-state index in [1.54, 1.807) is 13.3 Å². The number of pyridine rings is 1. The van der Waals surface area contributed by atoms with Crippen molar-refractivity contribution in [3.8, 4) is 5.88 Å². The van der Waals surface area contributed by atoms with Crippen LogP contribution in [0.15, 0.2) is 18.3 Å². The van der Waals surface area contributed by atoms with Crippen molar-refractivity contribution in [1.82, 2.24) is 9.88 Å². The molecule has 0 aliphatic carbocycles. The number of methoxy groups -OCH3 is 1. The lowest BCUT2D eigenvalue weighted by Gasteiger charge is -2.21. The highest BCUT2D eigenvalue weighted by Gasteiger charge is 2.02. The lowest BCUT2D eigenvalue weighted by molar-refractivity contribution is 0.284. The predicted octanol–water partition coefficient (Wildman–Crippen LogP) is 1.84. The molecule has 0 fully saturated rings. The van der Waals surface area contributed by atoms with Gasteiger partial charge in [-0.25, -0.2) is 4.98 Å². The van der Waals surface area contributed by atoms with Gasteiger partial charge in [-0.15, -0.1) is 0 Å². The van der Waals surface area contributed by atoms with Crippen molar-refractivity contribution in [3.05, 3.63) is 18.3 Å². The molecule has 1 N–H and O–H groups in total. The molecule has 0 aliphatic heterocycles. The molecule has 0 aromatic carbocycles. The average molecular weight is 223 g/mol. The van der Waals surface area contributed by atoms with Crippen LogP contribution in [0.5, 0.6) is 5.88 Å². The first-order valence-electron chi connectivity index (χ1n) is 5.57. The van der Waals surface area contributed by atoms with Gasteiger partial charge in [0.05, 0.1) is 7.11 Å².